The minimum Gasteiger partial charge on any atom is -0.492 e. The molecule has 3 nitrogen and oxygen atoms in total. The smallest absolute Gasteiger partial charge is 0.122 e. The highest BCUT2D eigenvalue weighted by Crippen LogP contribution is 2.21. The average Bonchev–Trinajstić information content (AvgIpc) is 2.61. The van der Waals surface area contributed by atoms with Crippen molar-refractivity contribution in [3.63, 3.8) is 0 Å². The molecule has 1 saturated heterocycles. The van der Waals surface area contributed by atoms with Crippen molar-refractivity contribution in [2.75, 3.05) is 33.4 Å². The number of nitrogens with zero attached hydrogens (tertiary/aromatic N) is 1. The number of para-hydroxylation sites is 1. The molecule has 0 aliphatic carbocycles. The van der Waals surface area contributed by atoms with E-state index in [0.29, 0.717) is 12.6 Å². The van der Waals surface area contributed by atoms with Gasteiger partial charge in [0.25, 0.3) is 0 Å². The predicted molar refractivity (Wildman–Crippen MR) is 93.0 cm³/mol. The molecule has 1 atom stereocenters. The van der Waals surface area contributed by atoms with Gasteiger partial charge >= 0.3 is 0 Å². The van der Waals surface area contributed by atoms with Crippen LogP contribution < -0.4 is 4.74 Å². The lowest BCUT2D eigenvalue weighted by atomic mass is 10.0. The van der Waals surface area contributed by atoms with Crippen molar-refractivity contribution in [3.8, 4) is 5.75 Å². The number of aryl methyl sites for hydroxylation is 2. The fourth-order valence-corrected chi connectivity index (χ4v) is 2.87. The number of likely N-dealkylation sites (N-methyl/N-ethyl adjacent to an activating group) is 1. The van der Waals surface area contributed by atoms with Gasteiger partial charge in [0.15, 0.2) is 0 Å². The minimum atomic E-state index is 0.339. The van der Waals surface area contributed by atoms with Crippen molar-refractivity contribution < 1.29 is 9.47 Å². The van der Waals surface area contributed by atoms with Crippen LogP contribution in [0.25, 0.3) is 0 Å². The van der Waals surface area contributed by atoms with E-state index in [1.165, 1.54) is 11.1 Å². The summed E-state index contributed by atoms with van der Waals surface area (Å²) in [4.78, 5) is 2.32. The lowest BCUT2D eigenvalue weighted by molar-refractivity contribution is -0.0109. The van der Waals surface area contributed by atoms with Gasteiger partial charge in [-0.2, -0.15) is 0 Å². The summed E-state index contributed by atoms with van der Waals surface area (Å²) in [5, 5.41) is 0. The molecule has 0 saturated carbocycles. The summed E-state index contributed by atoms with van der Waals surface area (Å²) < 4.78 is 11.7. The van der Waals surface area contributed by atoms with Gasteiger partial charge in [-0.15, -0.1) is 0 Å². The highest BCUT2D eigenvalue weighted by atomic mass is 16.5. The van der Waals surface area contributed by atoms with E-state index in [-0.39, 0.29) is 0 Å². The Balaban J connectivity index is 1.59. The quantitative estimate of drug-likeness (QED) is 0.818. The highest BCUT2D eigenvalue weighted by Gasteiger charge is 2.20. The summed E-state index contributed by atoms with van der Waals surface area (Å²) in [5.74, 6) is 1.00. The number of hydrogen-bond donors (Lipinski definition) is 0. The molecular formula is C20H25NO2. The van der Waals surface area contributed by atoms with E-state index < -0.39 is 0 Å². The molecule has 1 fully saturated rings. The minimum absolute atomic E-state index is 0.339. The molecule has 3 rings (SSSR count). The third-order valence-electron chi connectivity index (χ3n) is 4.45. The molecule has 0 amide bonds. The van der Waals surface area contributed by atoms with Crippen LogP contribution in [0.1, 0.15) is 11.1 Å². The molecule has 23 heavy (non-hydrogen) atoms. The monoisotopic (exact) mass is 311 g/mol. The third kappa shape index (κ3) is 4.57. The molecule has 1 aliphatic rings. The number of hydrogen-bond acceptors (Lipinski definition) is 3. The summed E-state index contributed by atoms with van der Waals surface area (Å²) in [7, 11) is 2.14. The third-order valence-corrected chi connectivity index (χ3v) is 4.45. The Morgan fingerprint density at radius 3 is 2.65 bits per heavy atom. The molecule has 0 N–H and O–H groups in total. The molecule has 3 heteroatoms. The van der Waals surface area contributed by atoms with Crippen LogP contribution in [0, 0.1) is 0 Å². The molecule has 2 aromatic rings. The number of benzene rings is 2. The Morgan fingerprint density at radius 1 is 1.04 bits per heavy atom. The molecule has 0 bridgehead atoms. The topological polar surface area (TPSA) is 21.7 Å². The van der Waals surface area contributed by atoms with E-state index in [4.69, 9.17) is 9.47 Å². The van der Waals surface area contributed by atoms with Gasteiger partial charge in [-0.25, -0.2) is 0 Å². The fraction of sp³-hybridized carbons (Fsp3) is 0.400. The Morgan fingerprint density at radius 2 is 1.83 bits per heavy atom. The van der Waals surface area contributed by atoms with E-state index in [9.17, 15) is 0 Å². The van der Waals surface area contributed by atoms with Crippen LogP contribution in [0.4, 0.5) is 0 Å². The van der Waals surface area contributed by atoms with E-state index in [1.807, 2.05) is 6.07 Å². The molecule has 0 aromatic heterocycles. The van der Waals surface area contributed by atoms with Gasteiger partial charge in [-0.1, -0.05) is 48.5 Å². The maximum Gasteiger partial charge on any atom is 0.122 e. The Bertz CT molecular complexity index is 600. The second-order valence-corrected chi connectivity index (χ2v) is 6.11. The van der Waals surface area contributed by atoms with Gasteiger partial charge in [0.05, 0.1) is 19.3 Å². The summed E-state index contributed by atoms with van der Waals surface area (Å²) in [6.07, 6.45) is 2.03. The van der Waals surface area contributed by atoms with Crippen molar-refractivity contribution in [1.29, 1.82) is 0 Å². The zero-order valence-electron chi connectivity index (χ0n) is 13.8. The van der Waals surface area contributed by atoms with E-state index in [1.54, 1.807) is 0 Å². The second-order valence-electron chi connectivity index (χ2n) is 6.11. The van der Waals surface area contributed by atoms with E-state index in [0.717, 1.165) is 38.3 Å². The van der Waals surface area contributed by atoms with Gasteiger partial charge in [0.2, 0.25) is 0 Å². The van der Waals surface area contributed by atoms with Gasteiger partial charge < -0.3 is 9.47 Å². The molecular weight excluding hydrogens is 286 g/mol. The molecule has 0 unspecified atom stereocenters. The van der Waals surface area contributed by atoms with Gasteiger partial charge in [-0.3, -0.25) is 4.90 Å². The largest absolute Gasteiger partial charge is 0.492 e. The Labute approximate surface area is 138 Å². The molecule has 1 heterocycles. The van der Waals surface area contributed by atoms with Crippen molar-refractivity contribution in [2.45, 2.75) is 18.9 Å². The molecule has 122 valence electrons. The van der Waals surface area contributed by atoms with E-state index >= 15 is 0 Å². The lowest BCUT2D eigenvalue weighted by Crippen LogP contribution is -2.46. The zero-order chi connectivity index (χ0) is 15.9. The summed E-state index contributed by atoms with van der Waals surface area (Å²) in [5.41, 5.74) is 2.64. The fourth-order valence-electron chi connectivity index (χ4n) is 2.87. The zero-order valence-corrected chi connectivity index (χ0v) is 13.8. The van der Waals surface area contributed by atoms with Crippen LogP contribution in [-0.2, 0) is 17.6 Å². The van der Waals surface area contributed by atoms with Crippen LogP contribution in [-0.4, -0.2) is 44.4 Å². The predicted octanol–water partition coefficient (Wildman–Crippen LogP) is 3.18. The van der Waals surface area contributed by atoms with Crippen molar-refractivity contribution in [2.24, 2.45) is 0 Å². The highest BCUT2D eigenvalue weighted by molar-refractivity contribution is 5.34. The van der Waals surface area contributed by atoms with Crippen molar-refractivity contribution >= 4 is 0 Å². The number of morpholine rings is 1. The SMILES string of the molecule is CN1CCOC[C@H]1COc1ccccc1CCc1ccccc1. The first-order valence-electron chi connectivity index (χ1n) is 8.35. The molecule has 1 aliphatic heterocycles. The molecule has 0 radical (unpaired) electrons. The Kier molecular flexibility index (Phi) is 5.67. The molecule has 2 aromatic carbocycles. The van der Waals surface area contributed by atoms with E-state index in [2.05, 4.69) is 60.5 Å². The normalized spacial score (nSPS) is 18.7. The summed E-state index contributed by atoms with van der Waals surface area (Å²) in [6, 6.07) is 19.3. The van der Waals surface area contributed by atoms with Gasteiger partial charge in [0.1, 0.15) is 12.4 Å². The number of ether oxygens (including phenoxy) is 2. The summed E-state index contributed by atoms with van der Waals surface area (Å²) >= 11 is 0. The Hall–Kier alpha value is -1.84. The van der Waals surface area contributed by atoms with Crippen LogP contribution in [0.5, 0.6) is 5.75 Å². The van der Waals surface area contributed by atoms with Crippen molar-refractivity contribution in [3.05, 3.63) is 65.7 Å². The van der Waals surface area contributed by atoms with Crippen molar-refractivity contribution in [1.82, 2.24) is 4.90 Å². The first-order chi connectivity index (χ1) is 11.3. The van der Waals surface area contributed by atoms with Crippen LogP contribution in [0.3, 0.4) is 0 Å². The maximum atomic E-state index is 6.11. The first-order valence-corrected chi connectivity index (χ1v) is 8.35. The van der Waals surface area contributed by atoms with Gasteiger partial charge in [0, 0.05) is 6.54 Å². The van der Waals surface area contributed by atoms with Crippen LogP contribution >= 0.6 is 0 Å². The van der Waals surface area contributed by atoms with Crippen LogP contribution in [0.2, 0.25) is 0 Å². The first kappa shape index (κ1) is 16.0. The van der Waals surface area contributed by atoms with Crippen LogP contribution in [0.15, 0.2) is 54.6 Å². The lowest BCUT2D eigenvalue weighted by Gasteiger charge is -2.32. The summed E-state index contributed by atoms with van der Waals surface area (Å²) in [6.45, 7) is 3.23. The molecule has 0 spiro atoms. The standard InChI is InChI=1S/C20H25NO2/c1-21-13-14-22-15-19(21)16-23-20-10-6-5-9-18(20)12-11-17-7-3-2-4-8-17/h2-10,19H,11-16H2,1H3/t19-/m0/s1. The average molecular weight is 311 g/mol. The maximum absolute atomic E-state index is 6.11. The van der Waals surface area contributed by atoms with Gasteiger partial charge in [-0.05, 0) is 37.1 Å². The number of rotatable bonds is 6. The second kappa shape index (κ2) is 8.14.